The van der Waals surface area contributed by atoms with E-state index in [1.54, 1.807) is 18.2 Å². The topological polar surface area (TPSA) is 140 Å². The third kappa shape index (κ3) is 3.60. The second-order valence-corrected chi connectivity index (χ2v) is 8.18. The van der Waals surface area contributed by atoms with Crippen LogP contribution in [0.4, 0.5) is 4.39 Å². The average molecular weight is 452 g/mol. The number of rotatable bonds is 7. The molecule has 176 valence electrons. The number of hydrogen-bond donors (Lipinski definition) is 6. The number of benzene rings is 2. The Morgan fingerprint density at radius 2 is 1.66 bits per heavy atom. The normalized spacial score (nSPS) is 36.0. The highest BCUT2D eigenvalue weighted by molar-refractivity contribution is 5.34. The van der Waals surface area contributed by atoms with Crippen LogP contribution < -0.4 is 4.74 Å². The van der Waals surface area contributed by atoms with Crippen molar-refractivity contribution in [3.8, 4) is 5.75 Å². The number of hydrogen-bond acceptors (Lipinski definition) is 8. The van der Waals surface area contributed by atoms with E-state index >= 15 is 4.39 Å². The maximum Gasteiger partial charge on any atom is 0.270 e. The molecule has 1 fully saturated rings. The second kappa shape index (κ2) is 8.68. The molecule has 6 atom stereocenters. The third-order valence-corrected chi connectivity index (χ3v) is 6.30. The first-order chi connectivity index (χ1) is 15.0. The lowest BCUT2D eigenvalue weighted by Gasteiger charge is -2.60. The first kappa shape index (κ1) is 24.5. The van der Waals surface area contributed by atoms with Crippen molar-refractivity contribution in [1.29, 1.82) is 0 Å². The molecule has 32 heavy (non-hydrogen) atoms. The van der Waals surface area contributed by atoms with E-state index < -0.39 is 54.5 Å². The first-order valence-electron chi connectivity index (χ1n) is 10.2. The number of ether oxygens (including phenoxy) is 2. The molecule has 0 aromatic heterocycles. The zero-order valence-corrected chi connectivity index (χ0v) is 17.8. The van der Waals surface area contributed by atoms with Gasteiger partial charge in [0.15, 0.2) is 5.60 Å². The van der Waals surface area contributed by atoms with Gasteiger partial charge in [0.2, 0.25) is 5.79 Å². The molecule has 1 saturated heterocycles. The molecule has 2 aromatic carbocycles. The Hall–Kier alpha value is -2.11. The van der Waals surface area contributed by atoms with Gasteiger partial charge in [-0.05, 0) is 24.6 Å². The minimum absolute atomic E-state index is 0.123. The lowest BCUT2D eigenvalue weighted by molar-refractivity contribution is -0.480. The van der Waals surface area contributed by atoms with Crippen molar-refractivity contribution < 1.29 is 44.5 Å². The van der Waals surface area contributed by atoms with E-state index in [2.05, 4.69) is 0 Å². The van der Waals surface area contributed by atoms with E-state index in [9.17, 15) is 30.6 Å². The standard InChI is InChI=1S/C23H29FO8/c1-15(26)20(12-13-25)19(27)22(24,29)21(28,14-16-8-10-18(31-2)11-9-16)23(30,32-20)17-6-4-3-5-7-17/h3-11,15,19,25-30H,12-14H2,1-2H3/t15-,19+,20+,21+,22-,23+/m0/s1. The molecule has 0 radical (unpaired) electrons. The van der Waals surface area contributed by atoms with Crippen LogP contribution in [0.1, 0.15) is 24.5 Å². The SMILES string of the molecule is COc1ccc(C[C@]2(O)[C@@](O)(c3ccccc3)O[C@](CCO)([C@H](C)O)[C@@H](O)[C@@]2(O)F)cc1. The maximum absolute atomic E-state index is 16.1. The summed E-state index contributed by atoms with van der Waals surface area (Å²) < 4.78 is 26.9. The fourth-order valence-electron chi connectivity index (χ4n) is 4.33. The van der Waals surface area contributed by atoms with Crippen molar-refractivity contribution in [2.75, 3.05) is 13.7 Å². The molecule has 0 unspecified atom stereocenters. The average Bonchev–Trinajstić information content (AvgIpc) is 2.78. The lowest BCUT2D eigenvalue weighted by Crippen LogP contribution is -2.82. The van der Waals surface area contributed by atoms with Crippen molar-refractivity contribution in [1.82, 2.24) is 0 Å². The Morgan fingerprint density at radius 3 is 2.16 bits per heavy atom. The van der Waals surface area contributed by atoms with Crippen LogP contribution in [0.15, 0.2) is 54.6 Å². The van der Waals surface area contributed by atoms with Gasteiger partial charge in [-0.3, -0.25) is 0 Å². The fraction of sp³-hybridized carbons (Fsp3) is 0.478. The van der Waals surface area contributed by atoms with Gasteiger partial charge >= 0.3 is 0 Å². The van der Waals surface area contributed by atoms with Crippen LogP contribution in [0.5, 0.6) is 5.75 Å². The summed E-state index contributed by atoms with van der Waals surface area (Å²) in [5.74, 6) is -6.31. The van der Waals surface area contributed by atoms with Crippen LogP contribution in [0.2, 0.25) is 0 Å². The van der Waals surface area contributed by atoms with E-state index in [-0.39, 0.29) is 5.56 Å². The van der Waals surface area contributed by atoms with E-state index in [1.165, 1.54) is 43.5 Å². The van der Waals surface area contributed by atoms with E-state index in [0.717, 1.165) is 6.92 Å². The molecular weight excluding hydrogens is 423 g/mol. The van der Waals surface area contributed by atoms with Gasteiger partial charge in [0.25, 0.3) is 5.85 Å². The molecule has 0 spiro atoms. The largest absolute Gasteiger partial charge is 0.497 e. The van der Waals surface area contributed by atoms with Crippen molar-refractivity contribution in [2.45, 2.75) is 54.8 Å². The number of halogens is 1. The summed E-state index contributed by atoms with van der Waals surface area (Å²) in [6.45, 7) is 0.494. The highest BCUT2D eigenvalue weighted by Gasteiger charge is 2.77. The molecule has 2 aromatic rings. The van der Waals surface area contributed by atoms with Gasteiger partial charge in [-0.1, -0.05) is 42.5 Å². The zero-order chi connectivity index (χ0) is 23.8. The van der Waals surface area contributed by atoms with Crippen molar-refractivity contribution >= 4 is 0 Å². The molecule has 6 N–H and O–H groups in total. The quantitative estimate of drug-likeness (QED) is 0.354. The molecule has 3 rings (SSSR count). The Bertz CT molecular complexity index is 906. The van der Waals surface area contributed by atoms with Crippen molar-refractivity contribution in [3.05, 3.63) is 65.7 Å². The molecular formula is C23H29FO8. The molecule has 0 saturated carbocycles. The predicted molar refractivity (Wildman–Crippen MR) is 111 cm³/mol. The maximum atomic E-state index is 16.1. The summed E-state index contributed by atoms with van der Waals surface area (Å²) >= 11 is 0. The highest BCUT2D eigenvalue weighted by Crippen LogP contribution is 2.55. The number of aliphatic hydroxyl groups excluding tert-OH is 3. The van der Waals surface area contributed by atoms with Crippen molar-refractivity contribution in [3.63, 3.8) is 0 Å². The summed E-state index contributed by atoms with van der Waals surface area (Å²) in [4.78, 5) is 0. The van der Waals surface area contributed by atoms with Gasteiger partial charge in [-0.25, -0.2) is 4.39 Å². The molecule has 8 nitrogen and oxygen atoms in total. The van der Waals surface area contributed by atoms with Crippen LogP contribution in [0, 0.1) is 0 Å². The van der Waals surface area contributed by atoms with Crippen LogP contribution in [-0.2, 0) is 16.9 Å². The van der Waals surface area contributed by atoms with E-state index in [0.29, 0.717) is 11.3 Å². The van der Waals surface area contributed by atoms with Crippen molar-refractivity contribution in [2.24, 2.45) is 0 Å². The Labute approximate surface area is 185 Å². The van der Waals surface area contributed by atoms with Gasteiger partial charge in [0.1, 0.15) is 17.5 Å². The van der Waals surface area contributed by atoms with Gasteiger partial charge in [0, 0.05) is 25.0 Å². The predicted octanol–water partition coefficient (Wildman–Crippen LogP) is 0.365. The molecule has 1 aliphatic rings. The third-order valence-electron chi connectivity index (χ3n) is 6.30. The van der Waals surface area contributed by atoms with Crippen LogP contribution >= 0.6 is 0 Å². The minimum atomic E-state index is -3.87. The van der Waals surface area contributed by atoms with Gasteiger partial charge in [-0.15, -0.1) is 0 Å². The summed E-state index contributed by atoms with van der Waals surface area (Å²) in [6, 6.07) is 13.4. The monoisotopic (exact) mass is 452 g/mol. The molecule has 0 amide bonds. The molecule has 0 aliphatic carbocycles. The minimum Gasteiger partial charge on any atom is -0.497 e. The lowest BCUT2D eigenvalue weighted by atomic mass is 9.66. The summed E-state index contributed by atoms with van der Waals surface area (Å²) in [7, 11) is 1.46. The number of methoxy groups -OCH3 is 1. The number of alkyl halides is 1. The Balaban J connectivity index is 2.22. The summed E-state index contributed by atoms with van der Waals surface area (Å²) in [6.07, 6.45) is -5.38. The number of aliphatic hydroxyl groups is 6. The molecule has 1 heterocycles. The van der Waals surface area contributed by atoms with Crippen LogP contribution in [0.25, 0.3) is 0 Å². The molecule has 1 aliphatic heterocycles. The zero-order valence-electron chi connectivity index (χ0n) is 17.8. The van der Waals surface area contributed by atoms with Crippen LogP contribution in [-0.4, -0.2) is 73.6 Å². The van der Waals surface area contributed by atoms with Gasteiger partial charge in [-0.2, -0.15) is 0 Å². The Morgan fingerprint density at radius 1 is 1.06 bits per heavy atom. The first-order valence-corrected chi connectivity index (χ1v) is 10.2. The summed E-state index contributed by atoms with van der Waals surface area (Å²) in [5, 5.41) is 64.9. The van der Waals surface area contributed by atoms with E-state index in [4.69, 9.17) is 9.47 Å². The van der Waals surface area contributed by atoms with Crippen LogP contribution in [0.3, 0.4) is 0 Å². The summed E-state index contributed by atoms with van der Waals surface area (Å²) in [5.41, 5.74) is -5.29. The molecule has 9 heteroatoms. The van der Waals surface area contributed by atoms with Gasteiger partial charge < -0.3 is 40.1 Å². The van der Waals surface area contributed by atoms with E-state index in [1.807, 2.05) is 0 Å². The smallest absolute Gasteiger partial charge is 0.270 e. The van der Waals surface area contributed by atoms with Gasteiger partial charge in [0.05, 0.1) is 13.2 Å². The Kier molecular flexibility index (Phi) is 6.65. The molecule has 0 bridgehead atoms. The second-order valence-electron chi connectivity index (χ2n) is 8.18. The fourth-order valence-corrected chi connectivity index (χ4v) is 4.33. The highest BCUT2D eigenvalue weighted by atomic mass is 19.2.